The fourth-order valence-corrected chi connectivity index (χ4v) is 0.341. The molecule has 0 aromatic heterocycles. The molecule has 0 aromatic carbocycles. The number of aliphatic hydroxyl groups is 1. The van der Waals surface area contributed by atoms with Crippen molar-refractivity contribution < 1.29 is 18.7 Å². The van der Waals surface area contributed by atoms with Crippen LogP contribution in [0.5, 0.6) is 0 Å². The lowest BCUT2D eigenvalue weighted by molar-refractivity contribution is -0.116. The van der Waals surface area contributed by atoms with E-state index in [0.717, 1.165) is 0 Å². The first-order valence-corrected chi connectivity index (χ1v) is 2.66. The number of carbonyl (C=O) groups excluding carboxylic acids is 1. The number of alkyl halides is 2. The summed E-state index contributed by atoms with van der Waals surface area (Å²) in [7, 11) is 0. The molecular formula is C5H9F2NO2. The van der Waals surface area contributed by atoms with Crippen molar-refractivity contribution in [1.29, 1.82) is 0 Å². The van der Waals surface area contributed by atoms with Gasteiger partial charge < -0.3 is 15.6 Å². The van der Waals surface area contributed by atoms with Crippen LogP contribution in [0.3, 0.4) is 0 Å². The monoisotopic (exact) mass is 153 g/mol. The Balaban J connectivity index is 4.15. The summed E-state index contributed by atoms with van der Waals surface area (Å²) < 4.78 is 23.5. The van der Waals surface area contributed by atoms with Crippen molar-refractivity contribution >= 4 is 6.29 Å². The molecule has 0 saturated heterocycles. The van der Waals surface area contributed by atoms with Gasteiger partial charge in [-0.3, -0.25) is 0 Å². The molecule has 10 heavy (non-hydrogen) atoms. The van der Waals surface area contributed by atoms with Crippen LogP contribution in [0.2, 0.25) is 0 Å². The zero-order valence-corrected chi connectivity index (χ0v) is 5.26. The van der Waals surface area contributed by atoms with Crippen LogP contribution in [0.4, 0.5) is 8.78 Å². The zero-order chi connectivity index (χ0) is 8.20. The number of nitrogens with two attached hydrogens (primary N) is 1. The van der Waals surface area contributed by atoms with Gasteiger partial charge in [-0.05, 0) is 0 Å². The molecule has 0 amide bonds. The first kappa shape index (κ1) is 9.45. The highest BCUT2D eigenvalue weighted by Crippen LogP contribution is 2.08. The molecule has 0 fully saturated rings. The molecule has 1 atom stereocenters. The summed E-state index contributed by atoms with van der Waals surface area (Å²) in [5, 5.41) is 8.79. The Hall–Kier alpha value is -0.550. The maximum atomic E-state index is 11.8. The lowest BCUT2D eigenvalue weighted by atomic mass is 10.00. The third-order valence-electron chi connectivity index (χ3n) is 1.23. The standard InChI is InChI=1S/C5H9F2NO2/c6-2-5(10,3-7)4(8)1-9/h1,4,10H,2-3,8H2/t4-/m1/s1. The van der Waals surface area contributed by atoms with Gasteiger partial charge in [-0.2, -0.15) is 0 Å². The van der Waals surface area contributed by atoms with Crippen molar-refractivity contribution in [2.45, 2.75) is 11.6 Å². The molecule has 0 radical (unpaired) electrons. The van der Waals surface area contributed by atoms with Gasteiger partial charge in [0.05, 0.1) is 6.04 Å². The molecule has 5 heteroatoms. The van der Waals surface area contributed by atoms with Crippen LogP contribution in [0, 0.1) is 0 Å². The largest absolute Gasteiger partial charge is 0.382 e. The van der Waals surface area contributed by atoms with Gasteiger partial charge in [0.2, 0.25) is 0 Å². The molecule has 0 rings (SSSR count). The van der Waals surface area contributed by atoms with Crippen molar-refractivity contribution in [3.63, 3.8) is 0 Å². The number of hydrogen-bond donors (Lipinski definition) is 2. The summed E-state index contributed by atoms with van der Waals surface area (Å²) >= 11 is 0. The van der Waals surface area contributed by atoms with Crippen LogP contribution in [0.25, 0.3) is 0 Å². The number of hydrogen-bond acceptors (Lipinski definition) is 3. The molecule has 0 bridgehead atoms. The van der Waals surface area contributed by atoms with E-state index in [2.05, 4.69) is 0 Å². The molecule has 3 N–H and O–H groups in total. The van der Waals surface area contributed by atoms with Gasteiger partial charge >= 0.3 is 0 Å². The number of rotatable bonds is 4. The van der Waals surface area contributed by atoms with Crippen molar-refractivity contribution in [1.82, 2.24) is 0 Å². The number of halogens is 2. The van der Waals surface area contributed by atoms with Gasteiger partial charge in [-0.1, -0.05) is 0 Å². The Labute approximate surface area is 56.8 Å². The Kier molecular flexibility index (Phi) is 3.38. The Morgan fingerprint density at radius 3 is 2.10 bits per heavy atom. The summed E-state index contributed by atoms with van der Waals surface area (Å²) in [5.41, 5.74) is 2.54. The molecule has 0 aromatic rings. The van der Waals surface area contributed by atoms with Crippen LogP contribution < -0.4 is 5.73 Å². The predicted octanol–water partition coefficient (Wildman–Crippen LogP) is -0.817. The maximum absolute atomic E-state index is 11.8. The molecule has 3 nitrogen and oxygen atoms in total. The van der Waals surface area contributed by atoms with E-state index in [0.29, 0.717) is 0 Å². The van der Waals surface area contributed by atoms with Crippen LogP contribution in [0.1, 0.15) is 0 Å². The van der Waals surface area contributed by atoms with E-state index >= 15 is 0 Å². The van der Waals surface area contributed by atoms with Gasteiger partial charge in [0.25, 0.3) is 0 Å². The molecule has 0 aliphatic heterocycles. The summed E-state index contributed by atoms with van der Waals surface area (Å²) in [5.74, 6) is 0. The smallest absolute Gasteiger partial charge is 0.143 e. The lowest BCUT2D eigenvalue weighted by Gasteiger charge is -2.23. The SMILES string of the molecule is N[C@H](C=O)C(O)(CF)CF. The molecule has 0 aliphatic carbocycles. The first-order chi connectivity index (χ1) is 4.60. The fourth-order valence-electron chi connectivity index (χ4n) is 0.341. The second-order valence-electron chi connectivity index (χ2n) is 2.03. The molecule has 60 valence electrons. The van der Waals surface area contributed by atoms with E-state index < -0.39 is 25.0 Å². The van der Waals surface area contributed by atoms with Crippen LogP contribution in [-0.2, 0) is 4.79 Å². The lowest BCUT2D eigenvalue weighted by Crippen LogP contribution is -2.52. The fraction of sp³-hybridized carbons (Fsp3) is 0.800. The highest BCUT2D eigenvalue weighted by molar-refractivity contribution is 5.59. The summed E-state index contributed by atoms with van der Waals surface area (Å²) in [6.45, 7) is -2.72. The van der Waals surface area contributed by atoms with Crippen LogP contribution in [0.15, 0.2) is 0 Å². The minimum Gasteiger partial charge on any atom is -0.382 e. The minimum atomic E-state index is -2.33. The van der Waals surface area contributed by atoms with Crippen molar-refractivity contribution in [2.24, 2.45) is 5.73 Å². The maximum Gasteiger partial charge on any atom is 0.143 e. The van der Waals surface area contributed by atoms with E-state index in [1.54, 1.807) is 0 Å². The van der Waals surface area contributed by atoms with Gasteiger partial charge in [-0.15, -0.1) is 0 Å². The van der Waals surface area contributed by atoms with Crippen molar-refractivity contribution in [3.05, 3.63) is 0 Å². The minimum absolute atomic E-state index is 0.110. The highest BCUT2D eigenvalue weighted by Gasteiger charge is 2.34. The van der Waals surface area contributed by atoms with Crippen LogP contribution >= 0.6 is 0 Å². The van der Waals surface area contributed by atoms with Gasteiger partial charge in [-0.25, -0.2) is 8.78 Å². The Morgan fingerprint density at radius 1 is 1.60 bits per heavy atom. The Morgan fingerprint density at radius 2 is 2.00 bits per heavy atom. The molecule has 0 saturated carbocycles. The average molecular weight is 153 g/mol. The summed E-state index contributed by atoms with van der Waals surface area (Å²) in [4.78, 5) is 9.85. The molecule has 0 aliphatic rings. The normalized spacial score (nSPS) is 14.8. The molecule has 0 heterocycles. The second kappa shape index (κ2) is 3.58. The van der Waals surface area contributed by atoms with E-state index in [4.69, 9.17) is 10.8 Å². The van der Waals surface area contributed by atoms with Gasteiger partial charge in [0.15, 0.2) is 0 Å². The van der Waals surface area contributed by atoms with E-state index in [1.165, 1.54) is 0 Å². The third-order valence-corrected chi connectivity index (χ3v) is 1.23. The first-order valence-electron chi connectivity index (χ1n) is 2.66. The number of aldehydes is 1. The van der Waals surface area contributed by atoms with Gasteiger partial charge in [0.1, 0.15) is 25.2 Å². The molecule has 0 spiro atoms. The van der Waals surface area contributed by atoms with E-state index in [1.807, 2.05) is 0 Å². The second-order valence-corrected chi connectivity index (χ2v) is 2.03. The average Bonchev–Trinajstić information content (AvgIpc) is 2.01. The summed E-state index contributed by atoms with van der Waals surface area (Å²) in [6, 6.07) is -1.50. The van der Waals surface area contributed by atoms with Gasteiger partial charge in [0, 0.05) is 0 Å². The van der Waals surface area contributed by atoms with E-state index in [9.17, 15) is 13.6 Å². The molecular weight excluding hydrogens is 144 g/mol. The topological polar surface area (TPSA) is 63.3 Å². The predicted molar refractivity (Wildman–Crippen MR) is 30.9 cm³/mol. The summed E-state index contributed by atoms with van der Waals surface area (Å²) in [6.07, 6.45) is 0.110. The quantitative estimate of drug-likeness (QED) is 0.519. The molecule has 0 unspecified atom stereocenters. The third kappa shape index (κ3) is 1.71. The van der Waals surface area contributed by atoms with Crippen molar-refractivity contribution in [3.8, 4) is 0 Å². The van der Waals surface area contributed by atoms with Crippen LogP contribution in [-0.4, -0.2) is 36.4 Å². The highest BCUT2D eigenvalue weighted by atomic mass is 19.1. The number of carbonyl (C=O) groups is 1. The zero-order valence-electron chi connectivity index (χ0n) is 5.26. The van der Waals surface area contributed by atoms with Crippen molar-refractivity contribution in [2.75, 3.05) is 13.3 Å². The Bertz CT molecular complexity index is 116. The van der Waals surface area contributed by atoms with E-state index in [-0.39, 0.29) is 6.29 Å².